The fourth-order valence-corrected chi connectivity index (χ4v) is 4.70. The lowest BCUT2D eigenvalue weighted by atomic mass is 10.1. The van der Waals surface area contributed by atoms with Crippen LogP contribution < -0.4 is 15.4 Å². The molecule has 0 aliphatic rings. The van der Waals surface area contributed by atoms with E-state index in [9.17, 15) is 19.5 Å². The van der Waals surface area contributed by atoms with E-state index in [2.05, 4.69) is 10.6 Å². The predicted molar refractivity (Wildman–Crippen MR) is 140 cm³/mol. The summed E-state index contributed by atoms with van der Waals surface area (Å²) in [5, 5.41) is 13.6. The lowest BCUT2D eigenvalue weighted by Crippen LogP contribution is -2.18. The molecular weight excluding hydrogens is 558 g/mol. The molecule has 12 heteroatoms. The Labute approximate surface area is 224 Å². The van der Waals surface area contributed by atoms with Crippen LogP contribution >= 0.6 is 58.2 Å². The Morgan fingerprint density at radius 3 is 2.09 bits per heavy atom. The molecular formula is C23H16Cl4N2O5S. The van der Waals surface area contributed by atoms with E-state index in [4.69, 9.17) is 51.1 Å². The summed E-state index contributed by atoms with van der Waals surface area (Å²) < 4.78 is 5.09. The number of halogens is 4. The first-order chi connectivity index (χ1) is 16.6. The molecule has 0 radical (unpaired) electrons. The molecule has 0 bridgehead atoms. The number of amides is 2. The number of carboxylic acids is 1. The minimum absolute atomic E-state index is 0.112. The highest BCUT2D eigenvalue weighted by atomic mass is 35.5. The third-order valence-corrected chi connectivity index (χ3v) is 7.34. The third-order valence-electron chi connectivity index (χ3n) is 4.54. The van der Waals surface area contributed by atoms with E-state index in [1.807, 2.05) is 0 Å². The number of benzene rings is 3. The van der Waals surface area contributed by atoms with Crippen LogP contribution in [0.1, 0.15) is 20.7 Å². The first kappa shape index (κ1) is 27.0. The fourth-order valence-electron chi connectivity index (χ4n) is 2.92. The van der Waals surface area contributed by atoms with Gasteiger partial charge in [-0.3, -0.25) is 9.59 Å². The first-order valence-corrected chi connectivity index (χ1v) is 12.2. The highest BCUT2D eigenvalue weighted by Gasteiger charge is 2.29. The summed E-state index contributed by atoms with van der Waals surface area (Å²) in [5.41, 5.74) is -0.0197. The Morgan fingerprint density at radius 2 is 1.49 bits per heavy atom. The molecule has 0 aromatic heterocycles. The summed E-state index contributed by atoms with van der Waals surface area (Å²) in [6.45, 7) is 0. The molecule has 0 atom stereocenters. The van der Waals surface area contributed by atoms with Crippen LogP contribution in [-0.2, 0) is 4.79 Å². The van der Waals surface area contributed by atoms with Crippen LogP contribution in [0.2, 0.25) is 20.1 Å². The molecule has 0 spiro atoms. The van der Waals surface area contributed by atoms with E-state index in [0.717, 1.165) is 0 Å². The highest BCUT2D eigenvalue weighted by molar-refractivity contribution is 8.00. The number of carbonyl (C=O) groups is 3. The minimum atomic E-state index is -1.49. The molecule has 3 rings (SSSR count). The van der Waals surface area contributed by atoms with Crippen molar-refractivity contribution in [3.8, 4) is 5.75 Å². The van der Waals surface area contributed by atoms with Crippen molar-refractivity contribution in [2.45, 2.75) is 4.90 Å². The number of anilines is 2. The SMILES string of the molecule is COc1ccc(NC(=O)CSc2cccc(NC(=O)c3c(Cl)c(Cl)c(Cl)c(Cl)c3C(=O)O)c2)cc1. The standard InChI is InChI=1S/C23H16Cl4N2O5S/c1-34-13-7-5-11(6-8-13)28-15(30)10-35-14-4-2-3-12(9-14)29-22(31)16-17(23(32)33)19(25)21(27)20(26)18(16)24/h2-9H,10H2,1H3,(H,28,30)(H,29,31)(H,32,33). The number of hydrogen-bond donors (Lipinski definition) is 3. The number of hydrogen-bond acceptors (Lipinski definition) is 5. The van der Waals surface area contributed by atoms with Crippen molar-refractivity contribution in [1.29, 1.82) is 0 Å². The summed E-state index contributed by atoms with van der Waals surface area (Å²) in [6, 6.07) is 13.6. The fraction of sp³-hybridized carbons (Fsp3) is 0.0870. The molecule has 0 saturated carbocycles. The van der Waals surface area contributed by atoms with Gasteiger partial charge in [0.1, 0.15) is 5.75 Å². The molecule has 0 fully saturated rings. The molecule has 0 aliphatic carbocycles. The van der Waals surface area contributed by atoms with Crippen molar-refractivity contribution < 1.29 is 24.2 Å². The molecule has 0 aliphatic heterocycles. The molecule has 2 amide bonds. The van der Waals surface area contributed by atoms with E-state index < -0.39 is 28.0 Å². The van der Waals surface area contributed by atoms with Crippen molar-refractivity contribution in [1.82, 2.24) is 0 Å². The number of thioether (sulfide) groups is 1. The highest BCUT2D eigenvalue weighted by Crippen LogP contribution is 2.41. The van der Waals surface area contributed by atoms with Crippen LogP contribution in [-0.4, -0.2) is 35.8 Å². The minimum Gasteiger partial charge on any atom is -0.497 e. The average molecular weight is 574 g/mol. The Balaban J connectivity index is 1.71. The number of nitrogens with one attached hydrogen (secondary N) is 2. The van der Waals surface area contributed by atoms with Gasteiger partial charge in [0.25, 0.3) is 5.91 Å². The summed E-state index contributed by atoms with van der Waals surface area (Å²) in [6.07, 6.45) is 0. The maximum atomic E-state index is 12.9. The maximum absolute atomic E-state index is 12.9. The number of methoxy groups -OCH3 is 1. The molecule has 182 valence electrons. The van der Waals surface area contributed by atoms with Crippen molar-refractivity contribution in [3.05, 3.63) is 79.7 Å². The van der Waals surface area contributed by atoms with Gasteiger partial charge < -0.3 is 20.5 Å². The van der Waals surface area contributed by atoms with Gasteiger partial charge in [0.15, 0.2) is 0 Å². The number of carbonyl (C=O) groups excluding carboxylic acids is 2. The molecule has 0 saturated heterocycles. The molecule has 7 nitrogen and oxygen atoms in total. The number of rotatable bonds is 8. The second-order valence-electron chi connectivity index (χ2n) is 6.86. The topological polar surface area (TPSA) is 105 Å². The van der Waals surface area contributed by atoms with Gasteiger partial charge in [-0.15, -0.1) is 11.8 Å². The Bertz CT molecular complexity index is 1300. The third kappa shape index (κ3) is 6.54. The summed E-state index contributed by atoms with van der Waals surface area (Å²) in [5.74, 6) is -1.77. The molecule has 3 aromatic carbocycles. The van der Waals surface area contributed by atoms with Gasteiger partial charge in [-0.1, -0.05) is 52.5 Å². The van der Waals surface area contributed by atoms with Crippen LogP contribution in [0, 0.1) is 0 Å². The van der Waals surface area contributed by atoms with Gasteiger partial charge in [0.05, 0.1) is 44.1 Å². The van der Waals surface area contributed by atoms with Crippen LogP contribution in [0.5, 0.6) is 5.75 Å². The maximum Gasteiger partial charge on any atom is 0.338 e. The average Bonchev–Trinajstić information content (AvgIpc) is 2.84. The van der Waals surface area contributed by atoms with Crippen molar-refractivity contribution in [3.63, 3.8) is 0 Å². The smallest absolute Gasteiger partial charge is 0.338 e. The van der Waals surface area contributed by atoms with Crippen LogP contribution in [0.25, 0.3) is 0 Å². The molecule has 3 N–H and O–H groups in total. The number of aromatic carboxylic acids is 1. The lowest BCUT2D eigenvalue weighted by Gasteiger charge is -2.14. The van der Waals surface area contributed by atoms with Crippen molar-refractivity contribution >= 4 is 87.3 Å². The Kier molecular flexibility index (Phi) is 9.15. The van der Waals surface area contributed by atoms with E-state index >= 15 is 0 Å². The van der Waals surface area contributed by atoms with Crippen LogP contribution in [0.15, 0.2) is 53.4 Å². The Morgan fingerprint density at radius 1 is 0.857 bits per heavy atom. The van der Waals surface area contributed by atoms with E-state index in [-0.39, 0.29) is 26.7 Å². The molecule has 0 heterocycles. The van der Waals surface area contributed by atoms with Gasteiger partial charge in [-0.05, 0) is 42.5 Å². The van der Waals surface area contributed by atoms with Gasteiger partial charge in [0, 0.05) is 16.3 Å². The van der Waals surface area contributed by atoms with Crippen LogP contribution in [0.3, 0.4) is 0 Å². The normalized spacial score (nSPS) is 10.5. The lowest BCUT2D eigenvalue weighted by molar-refractivity contribution is -0.113. The van der Waals surface area contributed by atoms with E-state index in [0.29, 0.717) is 22.0 Å². The largest absolute Gasteiger partial charge is 0.497 e. The quantitative estimate of drug-likeness (QED) is 0.152. The predicted octanol–water partition coefficient (Wildman–Crippen LogP) is 6.99. The second kappa shape index (κ2) is 11.9. The van der Waals surface area contributed by atoms with Crippen molar-refractivity contribution in [2.75, 3.05) is 23.5 Å². The van der Waals surface area contributed by atoms with E-state index in [1.165, 1.54) is 11.8 Å². The number of ether oxygens (including phenoxy) is 1. The zero-order valence-corrected chi connectivity index (χ0v) is 21.7. The summed E-state index contributed by atoms with van der Waals surface area (Å²) in [4.78, 5) is 37.6. The monoisotopic (exact) mass is 572 g/mol. The van der Waals surface area contributed by atoms with Crippen molar-refractivity contribution in [2.24, 2.45) is 0 Å². The molecule has 0 unspecified atom stereocenters. The van der Waals surface area contributed by atoms with Crippen LogP contribution in [0.4, 0.5) is 11.4 Å². The van der Waals surface area contributed by atoms with Gasteiger partial charge in [-0.2, -0.15) is 0 Å². The summed E-state index contributed by atoms with van der Waals surface area (Å²) >= 11 is 25.3. The molecule has 35 heavy (non-hydrogen) atoms. The zero-order valence-electron chi connectivity index (χ0n) is 17.8. The van der Waals surface area contributed by atoms with Gasteiger partial charge in [0.2, 0.25) is 5.91 Å². The van der Waals surface area contributed by atoms with Gasteiger partial charge >= 0.3 is 5.97 Å². The van der Waals surface area contributed by atoms with E-state index in [1.54, 1.807) is 55.6 Å². The number of carboxylic acid groups (broad SMARTS) is 1. The zero-order chi connectivity index (χ0) is 25.7. The summed E-state index contributed by atoms with van der Waals surface area (Å²) in [7, 11) is 1.56. The Hall–Kier alpha value is -2.62. The molecule has 3 aromatic rings. The van der Waals surface area contributed by atoms with Gasteiger partial charge in [-0.25, -0.2) is 4.79 Å². The first-order valence-electron chi connectivity index (χ1n) is 9.69. The second-order valence-corrected chi connectivity index (χ2v) is 9.42.